The highest BCUT2D eigenvalue weighted by Gasteiger charge is 2.20. The summed E-state index contributed by atoms with van der Waals surface area (Å²) < 4.78 is 33.1. The van der Waals surface area contributed by atoms with Crippen LogP contribution >= 0.6 is 15.9 Å². The van der Waals surface area contributed by atoms with Crippen molar-refractivity contribution < 1.29 is 18.3 Å². The molecule has 0 amide bonds. The van der Waals surface area contributed by atoms with E-state index in [1.165, 1.54) is 25.3 Å². The molecular weight excluding hydrogens is 322 g/mol. The topological polar surface area (TPSA) is 57.2 Å². The highest BCUT2D eigenvalue weighted by atomic mass is 79.9. The molecule has 0 radical (unpaired) electrons. The van der Waals surface area contributed by atoms with Crippen LogP contribution in [0.1, 0.15) is 10.5 Å². The van der Waals surface area contributed by atoms with Crippen molar-refractivity contribution in [1.82, 2.24) is 4.57 Å². The molecule has 0 spiro atoms. The molecule has 1 heterocycles. The molecule has 0 aliphatic rings. The summed E-state index contributed by atoms with van der Waals surface area (Å²) in [7, 11) is 1.17. The van der Waals surface area contributed by atoms with Crippen LogP contribution in [-0.2, 0) is 4.74 Å². The van der Waals surface area contributed by atoms with Crippen LogP contribution in [0.4, 0.5) is 14.5 Å². The summed E-state index contributed by atoms with van der Waals surface area (Å²) in [5.74, 6) is -2.21. The summed E-state index contributed by atoms with van der Waals surface area (Å²) in [4.78, 5) is 11.5. The summed E-state index contributed by atoms with van der Waals surface area (Å²) in [5, 5.41) is 0. The number of nitrogens with zero attached hydrogens (tertiary/aromatic N) is 1. The predicted octanol–water partition coefficient (Wildman–Crippen LogP) is 2.89. The minimum atomic E-state index is -0.744. The second kappa shape index (κ2) is 5.00. The number of hydrogen-bond acceptors (Lipinski definition) is 3. The Hall–Kier alpha value is -1.89. The fraction of sp³-hybridized carbons (Fsp3) is 0.0833. The molecule has 2 N–H and O–H groups in total. The Labute approximate surface area is 115 Å². The normalized spacial score (nSPS) is 10.5. The lowest BCUT2D eigenvalue weighted by Crippen LogP contribution is -2.12. The van der Waals surface area contributed by atoms with Gasteiger partial charge >= 0.3 is 5.97 Å². The van der Waals surface area contributed by atoms with Crippen LogP contribution in [-0.4, -0.2) is 17.6 Å². The molecule has 0 unspecified atom stereocenters. The van der Waals surface area contributed by atoms with Crippen LogP contribution in [0.3, 0.4) is 0 Å². The number of carbonyl (C=O) groups is 1. The van der Waals surface area contributed by atoms with Gasteiger partial charge in [0.05, 0.1) is 23.0 Å². The molecule has 4 nitrogen and oxygen atoms in total. The van der Waals surface area contributed by atoms with E-state index in [1.54, 1.807) is 0 Å². The van der Waals surface area contributed by atoms with Crippen molar-refractivity contribution in [1.29, 1.82) is 0 Å². The van der Waals surface area contributed by atoms with Crippen molar-refractivity contribution in [2.45, 2.75) is 0 Å². The summed E-state index contributed by atoms with van der Waals surface area (Å²) in [6, 6.07) is 5.09. The maximum Gasteiger partial charge on any atom is 0.355 e. The third kappa shape index (κ3) is 2.21. The molecular formula is C12H9BrF2N2O2. The molecule has 0 aliphatic heterocycles. The first-order valence-corrected chi connectivity index (χ1v) is 5.96. The van der Waals surface area contributed by atoms with Crippen molar-refractivity contribution in [2.24, 2.45) is 0 Å². The van der Waals surface area contributed by atoms with Crippen LogP contribution in [0.5, 0.6) is 0 Å². The van der Waals surface area contributed by atoms with Gasteiger partial charge in [0.25, 0.3) is 0 Å². The Morgan fingerprint density at radius 2 is 2.00 bits per heavy atom. The van der Waals surface area contributed by atoms with Crippen molar-refractivity contribution in [2.75, 3.05) is 12.8 Å². The Kier molecular flexibility index (Phi) is 3.57. The third-order valence-electron chi connectivity index (χ3n) is 2.58. The van der Waals surface area contributed by atoms with E-state index in [0.717, 1.165) is 10.6 Å². The van der Waals surface area contributed by atoms with Crippen LogP contribution in [0.15, 0.2) is 28.7 Å². The molecule has 1 aromatic carbocycles. The van der Waals surface area contributed by atoms with Gasteiger partial charge in [0, 0.05) is 0 Å². The van der Waals surface area contributed by atoms with Gasteiger partial charge in [-0.05, 0) is 40.2 Å². The second-order valence-corrected chi connectivity index (χ2v) is 4.52. The summed E-state index contributed by atoms with van der Waals surface area (Å²) in [6.45, 7) is 0. The molecule has 1 aromatic heterocycles. The molecule has 2 aromatic rings. The van der Waals surface area contributed by atoms with E-state index in [-0.39, 0.29) is 21.5 Å². The third-order valence-corrected chi connectivity index (χ3v) is 3.19. The minimum absolute atomic E-state index is 0.0311. The summed E-state index contributed by atoms with van der Waals surface area (Å²) in [5.41, 5.74) is 5.30. The number of ether oxygens (including phenoxy) is 1. The largest absolute Gasteiger partial charge is 0.464 e. The quantitative estimate of drug-likeness (QED) is 0.680. The maximum absolute atomic E-state index is 13.8. The first-order chi connectivity index (χ1) is 8.97. The molecule has 2 rings (SSSR count). The maximum atomic E-state index is 13.8. The fourth-order valence-electron chi connectivity index (χ4n) is 1.67. The number of nitrogens with two attached hydrogens (primary N) is 1. The molecule has 7 heteroatoms. The monoisotopic (exact) mass is 330 g/mol. The van der Waals surface area contributed by atoms with E-state index in [2.05, 4.69) is 20.7 Å². The first-order valence-electron chi connectivity index (χ1n) is 5.16. The predicted molar refractivity (Wildman–Crippen MR) is 69.1 cm³/mol. The highest BCUT2D eigenvalue weighted by Crippen LogP contribution is 2.29. The number of benzene rings is 1. The Morgan fingerprint density at radius 3 is 2.63 bits per heavy atom. The van der Waals surface area contributed by atoms with Gasteiger partial charge in [-0.25, -0.2) is 9.18 Å². The molecule has 0 bridgehead atoms. The summed E-state index contributed by atoms with van der Waals surface area (Å²) >= 11 is 2.97. The molecule has 0 fully saturated rings. The number of hydrogen-bond donors (Lipinski definition) is 1. The number of anilines is 1. The van der Waals surface area contributed by atoms with E-state index in [4.69, 9.17) is 5.73 Å². The van der Waals surface area contributed by atoms with Gasteiger partial charge in [-0.3, -0.25) is 4.57 Å². The number of carbonyl (C=O) groups excluding carboxylic acids is 1. The lowest BCUT2D eigenvalue weighted by Gasteiger charge is -2.12. The number of nitrogen functional groups attached to an aromatic ring is 1. The number of aromatic nitrogens is 1. The van der Waals surface area contributed by atoms with E-state index in [9.17, 15) is 13.6 Å². The fourth-order valence-corrected chi connectivity index (χ4v) is 2.02. The SMILES string of the molecule is COC(=O)c1ccc(F)n1-c1ccc(Br)c(F)c1N. The lowest BCUT2D eigenvalue weighted by molar-refractivity contribution is 0.0590. The van der Waals surface area contributed by atoms with Crippen LogP contribution in [0.25, 0.3) is 5.69 Å². The van der Waals surface area contributed by atoms with Crippen molar-refractivity contribution in [3.63, 3.8) is 0 Å². The zero-order chi connectivity index (χ0) is 14.2. The van der Waals surface area contributed by atoms with Gasteiger partial charge in [0.15, 0.2) is 11.8 Å². The molecule has 0 saturated carbocycles. The van der Waals surface area contributed by atoms with Gasteiger partial charge in [-0.15, -0.1) is 0 Å². The van der Waals surface area contributed by atoms with Gasteiger partial charge in [-0.1, -0.05) is 0 Å². The standard InChI is InChI=1S/C12H9BrF2N2O2/c1-19-12(18)8-4-5-9(14)17(8)7-3-2-6(13)10(15)11(7)16/h2-5H,16H2,1H3. The Balaban J connectivity index is 2.69. The Morgan fingerprint density at radius 1 is 1.32 bits per heavy atom. The zero-order valence-corrected chi connectivity index (χ0v) is 11.4. The average Bonchev–Trinajstić information content (AvgIpc) is 2.77. The zero-order valence-electron chi connectivity index (χ0n) is 9.78. The molecule has 0 saturated heterocycles. The van der Waals surface area contributed by atoms with E-state index in [1.807, 2.05) is 0 Å². The number of rotatable bonds is 2. The van der Waals surface area contributed by atoms with E-state index < -0.39 is 17.7 Å². The smallest absolute Gasteiger partial charge is 0.355 e. The van der Waals surface area contributed by atoms with Crippen molar-refractivity contribution in [3.8, 4) is 5.69 Å². The first kappa shape index (κ1) is 13.5. The second-order valence-electron chi connectivity index (χ2n) is 3.66. The molecule has 0 aliphatic carbocycles. The van der Waals surface area contributed by atoms with Crippen LogP contribution in [0, 0.1) is 11.8 Å². The highest BCUT2D eigenvalue weighted by molar-refractivity contribution is 9.10. The number of halogens is 3. The van der Waals surface area contributed by atoms with Crippen LogP contribution < -0.4 is 5.73 Å². The Bertz CT molecular complexity index is 655. The average molecular weight is 331 g/mol. The number of methoxy groups -OCH3 is 1. The number of esters is 1. The lowest BCUT2D eigenvalue weighted by atomic mass is 10.2. The van der Waals surface area contributed by atoms with Gasteiger partial charge in [0.2, 0.25) is 0 Å². The molecule has 19 heavy (non-hydrogen) atoms. The molecule has 0 atom stereocenters. The van der Waals surface area contributed by atoms with Gasteiger partial charge in [-0.2, -0.15) is 4.39 Å². The molecule has 100 valence electrons. The van der Waals surface area contributed by atoms with Gasteiger partial charge < -0.3 is 10.5 Å². The minimum Gasteiger partial charge on any atom is -0.464 e. The van der Waals surface area contributed by atoms with Crippen molar-refractivity contribution in [3.05, 3.63) is 46.2 Å². The van der Waals surface area contributed by atoms with Crippen molar-refractivity contribution >= 4 is 27.6 Å². The van der Waals surface area contributed by atoms with E-state index >= 15 is 0 Å². The van der Waals surface area contributed by atoms with Gasteiger partial charge in [0.1, 0.15) is 5.69 Å². The summed E-state index contributed by atoms with van der Waals surface area (Å²) in [6.07, 6.45) is 0. The van der Waals surface area contributed by atoms with Crippen LogP contribution in [0.2, 0.25) is 0 Å². The van der Waals surface area contributed by atoms with E-state index in [0.29, 0.717) is 0 Å².